The Morgan fingerprint density at radius 2 is 2.32 bits per heavy atom. The molecule has 2 aromatic rings. The van der Waals surface area contributed by atoms with Crippen LogP contribution >= 0.6 is 0 Å². The molecule has 0 radical (unpaired) electrons. The minimum absolute atomic E-state index is 0.125. The fourth-order valence-corrected chi connectivity index (χ4v) is 2.71. The van der Waals surface area contributed by atoms with Crippen LogP contribution in [0.1, 0.15) is 49.5 Å². The highest BCUT2D eigenvalue weighted by Gasteiger charge is 2.30. The summed E-state index contributed by atoms with van der Waals surface area (Å²) in [5, 5.41) is 4.01. The first-order valence-corrected chi connectivity index (χ1v) is 7.76. The molecule has 0 unspecified atom stereocenters. The van der Waals surface area contributed by atoms with Gasteiger partial charge in [0.05, 0.1) is 18.2 Å². The van der Waals surface area contributed by atoms with Gasteiger partial charge in [-0.2, -0.15) is 4.98 Å². The van der Waals surface area contributed by atoms with Crippen molar-refractivity contribution in [3.8, 4) is 0 Å². The van der Waals surface area contributed by atoms with Gasteiger partial charge in [-0.3, -0.25) is 9.78 Å². The third kappa shape index (κ3) is 3.32. The third-order valence-corrected chi connectivity index (χ3v) is 3.89. The van der Waals surface area contributed by atoms with Gasteiger partial charge in [0.1, 0.15) is 0 Å². The average molecular weight is 300 g/mol. The number of rotatable bonds is 5. The predicted octanol–water partition coefficient (Wildman–Crippen LogP) is 2.32. The van der Waals surface area contributed by atoms with Crippen LogP contribution in [0.2, 0.25) is 0 Å². The lowest BCUT2D eigenvalue weighted by Gasteiger charge is -2.30. The van der Waals surface area contributed by atoms with Crippen molar-refractivity contribution >= 4 is 5.91 Å². The molecule has 1 atom stereocenters. The molecule has 1 amide bonds. The highest BCUT2D eigenvalue weighted by molar-refractivity contribution is 5.77. The highest BCUT2D eigenvalue weighted by atomic mass is 16.5. The molecule has 0 saturated carbocycles. The van der Waals surface area contributed by atoms with Crippen molar-refractivity contribution in [2.45, 2.75) is 45.1 Å². The van der Waals surface area contributed by atoms with Crippen molar-refractivity contribution in [1.29, 1.82) is 0 Å². The molecule has 0 spiro atoms. The SMILES string of the molecule is CCCc1noc([C@@H]2CCC(=O)N(Cc3ccccn3)C2)n1. The van der Waals surface area contributed by atoms with Crippen molar-refractivity contribution in [1.82, 2.24) is 20.0 Å². The van der Waals surface area contributed by atoms with E-state index in [-0.39, 0.29) is 11.8 Å². The molecule has 116 valence electrons. The van der Waals surface area contributed by atoms with Crippen molar-refractivity contribution < 1.29 is 9.32 Å². The molecular formula is C16H20N4O2. The molecule has 22 heavy (non-hydrogen) atoms. The van der Waals surface area contributed by atoms with Gasteiger partial charge in [-0.25, -0.2) is 0 Å². The molecule has 1 aliphatic rings. The van der Waals surface area contributed by atoms with Crippen molar-refractivity contribution in [2.75, 3.05) is 6.54 Å². The van der Waals surface area contributed by atoms with Gasteiger partial charge in [-0.05, 0) is 25.0 Å². The fraction of sp³-hybridized carbons (Fsp3) is 0.500. The lowest BCUT2D eigenvalue weighted by molar-refractivity contribution is -0.134. The van der Waals surface area contributed by atoms with Crippen LogP contribution in [0.15, 0.2) is 28.9 Å². The first-order chi connectivity index (χ1) is 10.8. The van der Waals surface area contributed by atoms with Crippen LogP contribution in [-0.2, 0) is 17.8 Å². The Labute approximate surface area is 129 Å². The number of carbonyl (C=O) groups is 1. The van der Waals surface area contributed by atoms with Crippen molar-refractivity contribution in [2.24, 2.45) is 0 Å². The standard InChI is InChI=1S/C16H20N4O2/c1-2-5-14-18-16(22-19-14)12-7-8-15(21)20(10-12)11-13-6-3-4-9-17-13/h3-4,6,9,12H,2,5,7-8,10-11H2,1H3/t12-/m1/s1. The van der Waals surface area contributed by atoms with E-state index >= 15 is 0 Å². The van der Waals surface area contributed by atoms with Crippen LogP contribution in [0.25, 0.3) is 0 Å². The molecule has 0 aromatic carbocycles. The summed E-state index contributed by atoms with van der Waals surface area (Å²) < 4.78 is 5.38. The molecule has 1 aliphatic heterocycles. The Kier molecular flexibility index (Phi) is 4.46. The largest absolute Gasteiger partial charge is 0.339 e. The number of hydrogen-bond acceptors (Lipinski definition) is 5. The van der Waals surface area contributed by atoms with Crippen molar-refractivity contribution in [3.63, 3.8) is 0 Å². The van der Waals surface area contributed by atoms with Crippen LogP contribution in [0.4, 0.5) is 0 Å². The number of likely N-dealkylation sites (tertiary alicyclic amines) is 1. The molecule has 2 aromatic heterocycles. The molecule has 3 rings (SSSR count). The van der Waals surface area contributed by atoms with Crippen LogP contribution in [0, 0.1) is 0 Å². The number of piperidine rings is 1. The first-order valence-electron chi connectivity index (χ1n) is 7.76. The topological polar surface area (TPSA) is 72.1 Å². The zero-order chi connectivity index (χ0) is 15.4. The monoisotopic (exact) mass is 300 g/mol. The van der Waals surface area contributed by atoms with Gasteiger partial charge >= 0.3 is 0 Å². The van der Waals surface area contributed by atoms with Crippen LogP contribution in [0.3, 0.4) is 0 Å². The number of nitrogens with zero attached hydrogens (tertiary/aromatic N) is 4. The van der Waals surface area contributed by atoms with E-state index in [4.69, 9.17) is 4.52 Å². The van der Waals surface area contributed by atoms with E-state index in [9.17, 15) is 4.79 Å². The lowest BCUT2D eigenvalue weighted by atomic mass is 9.97. The number of carbonyl (C=O) groups excluding carboxylic acids is 1. The van der Waals surface area contributed by atoms with Gasteiger partial charge in [0.25, 0.3) is 0 Å². The molecule has 6 nitrogen and oxygen atoms in total. The molecule has 0 N–H and O–H groups in total. The third-order valence-electron chi connectivity index (χ3n) is 3.89. The van der Waals surface area contributed by atoms with Gasteiger partial charge in [0.2, 0.25) is 11.8 Å². The summed E-state index contributed by atoms with van der Waals surface area (Å²) in [6.45, 7) is 3.24. The molecule has 1 saturated heterocycles. The maximum atomic E-state index is 12.1. The van der Waals surface area contributed by atoms with Gasteiger partial charge in [-0.15, -0.1) is 0 Å². The normalized spacial score (nSPS) is 18.7. The Morgan fingerprint density at radius 3 is 3.09 bits per heavy atom. The Hall–Kier alpha value is -2.24. The zero-order valence-electron chi connectivity index (χ0n) is 12.7. The van der Waals surface area contributed by atoms with Crippen LogP contribution in [0.5, 0.6) is 0 Å². The predicted molar refractivity (Wildman–Crippen MR) is 79.9 cm³/mol. The average Bonchev–Trinajstić information content (AvgIpc) is 3.00. The second-order valence-electron chi connectivity index (χ2n) is 5.63. The summed E-state index contributed by atoms with van der Waals surface area (Å²) in [5.41, 5.74) is 0.897. The summed E-state index contributed by atoms with van der Waals surface area (Å²) in [4.78, 5) is 22.7. The van der Waals surface area contributed by atoms with Gasteiger partial charge in [0, 0.05) is 25.6 Å². The molecule has 0 aliphatic carbocycles. The van der Waals surface area contributed by atoms with E-state index in [1.54, 1.807) is 6.20 Å². The first kappa shape index (κ1) is 14.7. The summed E-state index contributed by atoms with van der Waals surface area (Å²) in [7, 11) is 0. The molecule has 3 heterocycles. The Balaban J connectivity index is 1.68. The molecular weight excluding hydrogens is 280 g/mol. The number of aromatic nitrogens is 3. The quantitative estimate of drug-likeness (QED) is 0.847. The fourth-order valence-electron chi connectivity index (χ4n) is 2.71. The van der Waals surface area contributed by atoms with E-state index in [1.165, 1.54) is 0 Å². The zero-order valence-corrected chi connectivity index (χ0v) is 12.7. The van der Waals surface area contributed by atoms with Crippen molar-refractivity contribution in [3.05, 3.63) is 41.8 Å². The summed E-state index contributed by atoms with van der Waals surface area (Å²) in [6.07, 6.45) is 4.85. The number of hydrogen-bond donors (Lipinski definition) is 0. The van der Waals surface area contributed by atoms with E-state index in [0.29, 0.717) is 25.4 Å². The van der Waals surface area contributed by atoms with Gasteiger partial charge < -0.3 is 9.42 Å². The van der Waals surface area contributed by atoms with Gasteiger partial charge in [-0.1, -0.05) is 18.1 Å². The summed E-state index contributed by atoms with van der Waals surface area (Å²) in [6, 6.07) is 5.74. The number of pyridine rings is 1. The van der Waals surface area contributed by atoms with E-state index in [0.717, 1.165) is 30.8 Å². The molecule has 1 fully saturated rings. The smallest absolute Gasteiger partial charge is 0.231 e. The maximum absolute atomic E-state index is 12.1. The second kappa shape index (κ2) is 6.68. The maximum Gasteiger partial charge on any atom is 0.231 e. The molecule has 6 heteroatoms. The Bertz CT molecular complexity index is 626. The van der Waals surface area contributed by atoms with Crippen LogP contribution in [-0.4, -0.2) is 32.5 Å². The minimum Gasteiger partial charge on any atom is -0.339 e. The Morgan fingerprint density at radius 1 is 1.41 bits per heavy atom. The highest BCUT2D eigenvalue weighted by Crippen LogP contribution is 2.27. The van der Waals surface area contributed by atoms with E-state index in [2.05, 4.69) is 22.0 Å². The van der Waals surface area contributed by atoms with E-state index < -0.39 is 0 Å². The number of amides is 1. The second-order valence-corrected chi connectivity index (χ2v) is 5.63. The number of aryl methyl sites for hydroxylation is 1. The van der Waals surface area contributed by atoms with E-state index in [1.807, 2.05) is 23.1 Å². The summed E-state index contributed by atoms with van der Waals surface area (Å²) >= 11 is 0. The molecule has 0 bridgehead atoms. The lowest BCUT2D eigenvalue weighted by Crippen LogP contribution is -2.38. The van der Waals surface area contributed by atoms with Gasteiger partial charge in [0.15, 0.2) is 5.82 Å². The summed E-state index contributed by atoms with van der Waals surface area (Å²) in [5.74, 6) is 1.70. The van der Waals surface area contributed by atoms with Crippen LogP contribution < -0.4 is 0 Å². The minimum atomic E-state index is 0.125.